The molecule has 4 heteroatoms. The van der Waals surface area contributed by atoms with E-state index in [0.29, 0.717) is 6.54 Å². The Bertz CT molecular complexity index is 613. The molecule has 0 heterocycles. The Morgan fingerprint density at radius 2 is 1.90 bits per heavy atom. The predicted molar refractivity (Wildman–Crippen MR) is 91.8 cm³/mol. The number of halogens is 1. The fraction of sp³-hybridized carbons (Fsp3) is 0.235. The van der Waals surface area contributed by atoms with Crippen LogP contribution < -0.4 is 10.2 Å². The van der Waals surface area contributed by atoms with Crippen molar-refractivity contribution in [1.82, 2.24) is 0 Å². The van der Waals surface area contributed by atoms with Crippen molar-refractivity contribution in [2.24, 2.45) is 0 Å². The van der Waals surface area contributed by atoms with Crippen LogP contribution >= 0.6 is 15.9 Å². The van der Waals surface area contributed by atoms with Crippen molar-refractivity contribution < 1.29 is 4.79 Å². The van der Waals surface area contributed by atoms with Gasteiger partial charge in [-0.25, -0.2) is 0 Å². The maximum absolute atomic E-state index is 12.4. The molecular weight excluding hydrogens is 328 g/mol. The van der Waals surface area contributed by atoms with Crippen LogP contribution in [0.15, 0.2) is 53.0 Å². The molecule has 0 aliphatic rings. The third-order valence-corrected chi connectivity index (χ3v) is 4.18. The molecule has 2 aromatic carbocycles. The van der Waals surface area contributed by atoms with E-state index in [0.717, 1.165) is 21.4 Å². The fourth-order valence-electron chi connectivity index (χ4n) is 2.14. The molecule has 0 aromatic heterocycles. The van der Waals surface area contributed by atoms with Crippen molar-refractivity contribution >= 4 is 33.2 Å². The highest BCUT2D eigenvalue weighted by Crippen LogP contribution is 2.20. The molecule has 0 aliphatic heterocycles. The normalized spacial score (nSPS) is 10.2. The Kier molecular flexibility index (Phi) is 5.39. The first-order chi connectivity index (χ1) is 10.1. The molecule has 0 radical (unpaired) electrons. The van der Waals surface area contributed by atoms with Crippen molar-refractivity contribution in [2.45, 2.75) is 13.8 Å². The first-order valence-corrected chi connectivity index (χ1v) is 7.76. The largest absolute Gasteiger partial charge is 0.376 e. The van der Waals surface area contributed by atoms with Crippen LogP contribution in [0.25, 0.3) is 0 Å². The summed E-state index contributed by atoms with van der Waals surface area (Å²) in [6.45, 7) is 4.95. The van der Waals surface area contributed by atoms with Crippen LogP contribution in [0.2, 0.25) is 0 Å². The monoisotopic (exact) mass is 346 g/mol. The average Bonchev–Trinajstić information content (AvgIpc) is 2.50. The summed E-state index contributed by atoms with van der Waals surface area (Å²) in [7, 11) is 0. The second-order valence-corrected chi connectivity index (χ2v) is 5.65. The molecule has 0 atom stereocenters. The first-order valence-electron chi connectivity index (χ1n) is 6.97. The van der Waals surface area contributed by atoms with Crippen molar-refractivity contribution in [3.8, 4) is 0 Å². The van der Waals surface area contributed by atoms with Crippen LogP contribution in [0, 0.1) is 6.92 Å². The summed E-state index contributed by atoms with van der Waals surface area (Å²) in [5.41, 5.74) is 3.02. The van der Waals surface area contributed by atoms with Gasteiger partial charge in [-0.15, -0.1) is 0 Å². The number of hydrogen-bond acceptors (Lipinski definition) is 2. The Balaban J connectivity index is 2.01. The first kappa shape index (κ1) is 15.6. The summed E-state index contributed by atoms with van der Waals surface area (Å²) in [6, 6.07) is 15.7. The minimum absolute atomic E-state index is 0.0595. The molecule has 21 heavy (non-hydrogen) atoms. The lowest BCUT2D eigenvalue weighted by Crippen LogP contribution is -2.35. The van der Waals surface area contributed by atoms with Gasteiger partial charge in [0, 0.05) is 22.4 Å². The lowest BCUT2D eigenvalue weighted by Gasteiger charge is -2.21. The second-order valence-electron chi connectivity index (χ2n) is 4.79. The third kappa shape index (κ3) is 4.08. The highest BCUT2D eigenvalue weighted by molar-refractivity contribution is 9.10. The van der Waals surface area contributed by atoms with Crippen LogP contribution in [0.5, 0.6) is 0 Å². The van der Waals surface area contributed by atoms with Crippen LogP contribution in [0.1, 0.15) is 12.5 Å². The topological polar surface area (TPSA) is 32.3 Å². The van der Waals surface area contributed by atoms with Crippen LogP contribution in [-0.4, -0.2) is 19.0 Å². The van der Waals surface area contributed by atoms with Gasteiger partial charge >= 0.3 is 0 Å². The van der Waals surface area contributed by atoms with Gasteiger partial charge in [-0.2, -0.15) is 0 Å². The molecule has 0 bridgehead atoms. The maximum atomic E-state index is 12.4. The zero-order chi connectivity index (χ0) is 15.2. The van der Waals surface area contributed by atoms with Crippen molar-refractivity contribution in [3.05, 3.63) is 58.6 Å². The molecule has 0 saturated carbocycles. The summed E-state index contributed by atoms with van der Waals surface area (Å²) in [5, 5.41) is 3.18. The van der Waals surface area contributed by atoms with Crippen LogP contribution in [-0.2, 0) is 4.79 Å². The van der Waals surface area contributed by atoms with E-state index >= 15 is 0 Å². The highest BCUT2D eigenvalue weighted by Gasteiger charge is 2.13. The van der Waals surface area contributed by atoms with Gasteiger partial charge in [0.05, 0.1) is 6.54 Å². The minimum Gasteiger partial charge on any atom is -0.376 e. The number of aryl methyl sites for hydroxylation is 1. The molecule has 0 saturated heterocycles. The maximum Gasteiger partial charge on any atom is 0.246 e. The number of para-hydroxylation sites is 1. The average molecular weight is 347 g/mol. The zero-order valence-electron chi connectivity index (χ0n) is 12.3. The van der Waals surface area contributed by atoms with Gasteiger partial charge in [-0.1, -0.05) is 34.1 Å². The summed E-state index contributed by atoms with van der Waals surface area (Å²) in [5.74, 6) is 0.0595. The van der Waals surface area contributed by atoms with E-state index in [1.54, 1.807) is 4.90 Å². The van der Waals surface area contributed by atoms with Crippen LogP contribution in [0.3, 0.4) is 0 Å². The smallest absolute Gasteiger partial charge is 0.246 e. The Morgan fingerprint density at radius 3 is 2.52 bits per heavy atom. The van der Waals surface area contributed by atoms with E-state index < -0.39 is 0 Å². The van der Waals surface area contributed by atoms with E-state index in [1.807, 2.05) is 62.4 Å². The van der Waals surface area contributed by atoms with Gasteiger partial charge in [0.25, 0.3) is 0 Å². The predicted octanol–water partition coefficient (Wildman–Crippen LogP) is 4.22. The van der Waals surface area contributed by atoms with E-state index in [4.69, 9.17) is 0 Å². The third-order valence-electron chi connectivity index (χ3n) is 3.29. The Morgan fingerprint density at radius 1 is 1.19 bits per heavy atom. The minimum atomic E-state index is 0.0595. The van der Waals surface area contributed by atoms with E-state index in [9.17, 15) is 4.79 Å². The number of anilines is 2. The molecule has 2 rings (SSSR count). The number of hydrogen-bond donors (Lipinski definition) is 1. The molecule has 0 spiro atoms. The zero-order valence-corrected chi connectivity index (χ0v) is 13.9. The fourth-order valence-corrected chi connectivity index (χ4v) is 2.39. The molecule has 0 fully saturated rings. The van der Waals surface area contributed by atoms with Crippen molar-refractivity contribution in [1.29, 1.82) is 0 Å². The van der Waals surface area contributed by atoms with Gasteiger partial charge < -0.3 is 10.2 Å². The van der Waals surface area contributed by atoms with Gasteiger partial charge in [-0.05, 0) is 49.7 Å². The molecular formula is C17H19BrN2O. The van der Waals surface area contributed by atoms with Gasteiger partial charge in [-0.3, -0.25) is 4.79 Å². The molecule has 1 amide bonds. The molecule has 2 aromatic rings. The number of nitrogens with zero attached hydrogens (tertiary/aromatic N) is 1. The molecule has 110 valence electrons. The number of likely N-dealkylation sites (N-methyl/N-ethyl adjacent to an activating group) is 1. The van der Waals surface area contributed by atoms with Crippen molar-refractivity contribution in [2.75, 3.05) is 23.3 Å². The lowest BCUT2D eigenvalue weighted by atomic mass is 10.2. The molecule has 1 N–H and O–H groups in total. The number of amides is 1. The number of carbonyl (C=O) groups excluding carboxylic acids is 1. The van der Waals surface area contributed by atoms with Gasteiger partial charge in [0.1, 0.15) is 0 Å². The van der Waals surface area contributed by atoms with Gasteiger partial charge in [0.2, 0.25) is 5.91 Å². The van der Waals surface area contributed by atoms with Crippen molar-refractivity contribution in [3.63, 3.8) is 0 Å². The number of nitrogens with one attached hydrogen (secondary N) is 1. The molecule has 0 aliphatic carbocycles. The summed E-state index contributed by atoms with van der Waals surface area (Å²) >= 11 is 3.47. The number of rotatable bonds is 5. The quantitative estimate of drug-likeness (QED) is 0.878. The second kappa shape index (κ2) is 7.27. The summed E-state index contributed by atoms with van der Waals surface area (Å²) in [6.07, 6.45) is 0. The Hall–Kier alpha value is -1.81. The van der Waals surface area contributed by atoms with Crippen LogP contribution in [0.4, 0.5) is 11.4 Å². The summed E-state index contributed by atoms with van der Waals surface area (Å²) < 4.78 is 1.07. The van der Waals surface area contributed by atoms with E-state index in [2.05, 4.69) is 21.2 Å². The number of carbonyl (C=O) groups is 1. The standard InChI is InChI=1S/C17H19BrN2O/c1-3-20(15-7-5-4-6-8-15)17(21)12-19-14-9-10-16(18)13(2)11-14/h4-11,19H,3,12H2,1-2H3. The lowest BCUT2D eigenvalue weighted by molar-refractivity contribution is -0.116. The van der Waals surface area contributed by atoms with Gasteiger partial charge in [0.15, 0.2) is 0 Å². The SMILES string of the molecule is CCN(C(=O)CNc1ccc(Br)c(C)c1)c1ccccc1. The number of benzene rings is 2. The van der Waals surface area contributed by atoms with E-state index in [-0.39, 0.29) is 12.5 Å². The molecule has 0 unspecified atom stereocenters. The Labute approximate surface area is 134 Å². The highest BCUT2D eigenvalue weighted by atomic mass is 79.9. The summed E-state index contributed by atoms with van der Waals surface area (Å²) in [4.78, 5) is 14.1. The molecule has 3 nitrogen and oxygen atoms in total. The van der Waals surface area contributed by atoms with E-state index in [1.165, 1.54) is 0 Å².